The van der Waals surface area contributed by atoms with Crippen LogP contribution in [0.5, 0.6) is 5.88 Å². The fourth-order valence-corrected chi connectivity index (χ4v) is 2.19. The monoisotopic (exact) mass is 320 g/mol. The van der Waals surface area contributed by atoms with E-state index in [1.807, 2.05) is 36.4 Å². The van der Waals surface area contributed by atoms with Crippen molar-refractivity contribution < 1.29 is 9.53 Å². The van der Waals surface area contributed by atoms with Gasteiger partial charge in [-0.2, -0.15) is 0 Å². The molecule has 1 N–H and O–H groups in total. The standard InChI is InChI=1S/C18H16N4O2/c1-24-17-12-20-11-16(22-17)18(23)21-15-4-2-13(3-5-15)10-14-6-8-19-9-7-14/h2-9,11-12H,10H2,1H3,(H,21,23). The second-order valence-corrected chi connectivity index (χ2v) is 5.13. The number of nitrogens with one attached hydrogen (secondary N) is 1. The lowest BCUT2D eigenvalue weighted by Gasteiger charge is -2.07. The minimum atomic E-state index is -0.330. The van der Waals surface area contributed by atoms with E-state index in [2.05, 4.69) is 20.3 Å². The molecule has 3 rings (SSSR count). The number of rotatable bonds is 5. The van der Waals surface area contributed by atoms with Crippen molar-refractivity contribution in [2.45, 2.75) is 6.42 Å². The van der Waals surface area contributed by atoms with Gasteiger partial charge in [0, 0.05) is 18.1 Å². The molecule has 6 heteroatoms. The van der Waals surface area contributed by atoms with Gasteiger partial charge in [-0.25, -0.2) is 4.98 Å². The zero-order chi connectivity index (χ0) is 16.8. The van der Waals surface area contributed by atoms with Gasteiger partial charge in [-0.1, -0.05) is 12.1 Å². The molecule has 0 bridgehead atoms. The molecule has 2 aromatic heterocycles. The Hall–Kier alpha value is -3.28. The van der Waals surface area contributed by atoms with Crippen molar-refractivity contribution in [2.75, 3.05) is 12.4 Å². The summed E-state index contributed by atoms with van der Waals surface area (Å²) in [6, 6.07) is 11.7. The van der Waals surface area contributed by atoms with Gasteiger partial charge in [0.25, 0.3) is 5.91 Å². The number of ether oxygens (including phenoxy) is 1. The maximum Gasteiger partial charge on any atom is 0.276 e. The Balaban J connectivity index is 1.66. The van der Waals surface area contributed by atoms with Gasteiger partial charge in [-0.3, -0.25) is 14.8 Å². The highest BCUT2D eigenvalue weighted by Crippen LogP contribution is 2.14. The molecular weight excluding hydrogens is 304 g/mol. The van der Waals surface area contributed by atoms with Crippen LogP contribution in [-0.2, 0) is 6.42 Å². The number of aromatic nitrogens is 3. The fraction of sp³-hybridized carbons (Fsp3) is 0.111. The van der Waals surface area contributed by atoms with Crippen LogP contribution < -0.4 is 10.1 Å². The van der Waals surface area contributed by atoms with E-state index in [1.54, 1.807) is 12.4 Å². The smallest absolute Gasteiger partial charge is 0.276 e. The molecule has 0 aliphatic heterocycles. The lowest BCUT2D eigenvalue weighted by molar-refractivity contribution is 0.102. The van der Waals surface area contributed by atoms with Gasteiger partial charge in [0.15, 0.2) is 5.69 Å². The number of benzene rings is 1. The van der Waals surface area contributed by atoms with E-state index in [1.165, 1.54) is 25.1 Å². The summed E-state index contributed by atoms with van der Waals surface area (Å²) in [6.45, 7) is 0. The number of pyridine rings is 1. The van der Waals surface area contributed by atoms with Crippen LogP contribution in [-0.4, -0.2) is 28.0 Å². The lowest BCUT2D eigenvalue weighted by Crippen LogP contribution is -2.14. The van der Waals surface area contributed by atoms with E-state index in [4.69, 9.17) is 4.74 Å². The van der Waals surface area contributed by atoms with E-state index in [-0.39, 0.29) is 11.6 Å². The van der Waals surface area contributed by atoms with Gasteiger partial charge < -0.3 is 10.1 Å². The average Bonchev–Trinajstić information content (AvgIpc) is 2.64. The zero-order valence-corrected chi connectivity index (χ0v) is 13.1. The molecule has 1 amide bonds. The SMILES string of the molecule is COc1cncc(C(=O)Nc2ccc(Cc3ccncc3)cc2)n1. The molecule has 2 heterocycles. The first-order chi connectivity index (χ1) is 11.7. The van der Waals surface area contributed by atoms with Crippen LogP contribution in [0.3, 0.4) is 0 Å². The summed E-state index contributed by atoms with van der Waals surface area (Å²) >= 11 is 0. The average molecular weight is 320 g/mol. The van der Waals surface area contributed by atoms with E-state index in [9.17, 15) is 4.79 Å². The van der Waals surface area contributed by atoms with Gasteiger partial charge >= 0.3 is 0 Å². The summed E-state index contributed by atoms with van der Waals surface area (Å²) in [7, 11) is 1.48. The fourth-order valence-electron chi connectivity index (χ4n) is 2.19. The van der Waals surface area contributed by atoms with Crippen molar-refractivity contribution >= 4 is 11.6 Å². The Labute approximate surface area is 139 Å². The lowest BCUT2D eigenvalue weighted by atomic mass is 10.1. The molecule has 3 aromatic rings. The number of hydrogen-bond donors (Lipinski definition) is 1. The molecule has 0 unspecified atom stereocenters. The highest BCUT2D eigenvalue weighted by atomic mass is 16.5. The Morgan fingerprint density at radius 2 is 1.71 bits per heavy atom. The third-order valence-electron chi connectivity index (χ3n) is 3.42. The van der Waals surface area contributed by atoms with Crippen LogP contribution in [0.25, 0.3) is 0 Å². The van der Waals surface area contributed by atoms with Crippen molar-refractivity contribution in [1.82, 2.24) is 15.0 Å². The molecule has 6 nitrogen and oxygen atoms in total. The first-order valence-corrected chi connectivity index (χ1v) is 7.40. The van der Waals surface area contributed by atoms with Crippen molar-refractivity contribution in [3.8, 4) is 5.88 Å². The van der Waals surface area contributed by atoms with Crippen molar-refractivity contribution in [2.24, 2.45) is 0 Å². The van der Waals surface area contributed by atoms with E-state index >= 15 is 0 Å². The maximum absolute atomic E-state index is 12.2. The van der Waals surface area contributed by atoms with Crippen LogP contribution in [0.15, 0.2) is 61.2 Å². The van der Waals surface area contributed by atoms with E-state index in [0.717, 1.165) is 12.0 Å². The molecular formula is C18H16N4O2. The molecule has 1 aromatic carbocycles. The third kappa shape index (κ3) is 3.92. The summed E-state index contributed by atoms with van der Waals surface area (Å²) in [4.78, 5) is 24.2. The number of carbonyl (C=O) groups excluding carboxylic acids is 1. The van der Waals surface area contributed by atoms with Gasteiger partial charge in [0.1, 0.15) is 0 Å². The van der Waals surface area contributed by atoms with Gasteiger partial charge in [0.05, 0.1) is 19.5 Å². The number of methoxy groups -OCH3 is 1. The quantitative estimate of drug-likeness (QED) is 0.782. The van der Waals surface area contributed by atoms with Crippen LogP contribution >= 0.6 is 0 Å². The molecule has 0 saturated carbocycles. The van der Waals surface area contributed by atoms with Crippen LogP contribution in [0.2, 0.25) is 0 Å². The Morgan fingerprint density at radius 1 is 1.00 bits per heavy atom. The predicted octanol–water partition coefficient (Wildman–Crippen LogP) is 2.72. The molecule has 0 radical (unpaired) electrons. The van der Waals surface area contributed by atoms with Crippen LogP contribution in [0.1, 0.15) is 21.6 Å². The minimum absolute atomic E-state index is 0.204. The van der Waals surface area contributed by atoms with Crippen molar-refractivity contribution in [3.05, 3.63) is 78.0 Å². The highest BCUT2D eigenvalue weighted by Gasteiger charge is 2.09. The first-order valence-electron chi connectivity index (χ1n) is 7.40. The Bertz CT molecular complexity index is 820. The van der Waals surface area contributed by atoms with Crippen LogP contribution in [0.4, 0.5) is 5.69 Å². The number of nitrogens with zero attached hydrogens (tertiary/aromatic N) is 3. The number of amides is 1. The second kappa shape index (κ2) is 7.32. The molecule has 120 valence electrons. The minimum Gasteiger partial charge on any atom is -0.480 e. The largest absolute Gasteiger partial charge is 0.480 e. The molecule has 0 atom stereocenters. The summed E-state index contributed by atoms with van der Waals surface area (Å²) < 4.78 is 4.97. The topological polar surface area (TPSA) is 77.0 Å². The summed E-state index contributed by atoms with van der Waals surface area (Å²) in [5, 5.41) is 2.79. The number of hydrogen-bond acceptors (Lipinski definition) is 5. The van der Waals surface area contributed by atoms with Gasteiger partial charge in [-0.15, -0.1) is 0 Å². The van der Waals surface area contributed by atoms with Crippen molar-refractivity contribution in [1.29, 1.82) is 0 Å². The maximum atomic E-state index is 12.2. The molecule has 0 saturated heterocycles. The third-order valence-corrected chi connectivity index (χ3v) is 3.42. The van der Waals surface area contributed by atoms with Crippen LogP contribution in [0, 0.1) is 0 Å². The highest BCUT2D eigenvalue weighted by molar-refractivity contribution is 6.02. The molecule has 0 aliphatic rings. The normalized spacial score (nSPS) is 10.2. The van der Waals surface area contributed by atoms with Gasteiger partial charge in [-0.05, 0) is 41.8 Å². The number of anilines is 1. The number of carbonyl (C=O) groups is 1. The van der Waals surface area contributed by atoms with Gasteiger partial charge in [0.2, 0.25) is 5.88 Å². The first kappa shape index (κ1) is 15.6. The molecule has 0 aliphatic carbocycles. The summed E-state index contributed by atoms with van der Waals surface area (Å²) in [5.41, 5.74) is 3.24. The molecule has 24 heavy (non-hydrogen) atoms. The predicted molar refractivity (Wildman–Crippen MR) is 90.0 cm³/mol. The summed E-state index contributed by atoms with van der Waals surface area (Å²) in [5.74, 6) is -0.0290. The van der Waals surface area contributed by atoms with E-state index in [0.29, 0.717) is 11.6 Å². The Morgan fingerprint density at radius 3 is 2.42 bits per heavy atom. The summed E-state index contributed by atoms with van der Waals surface area (Å²) in [6.07, 6.45) is 7.22. The second-order valence-electron chi connectivity index (χ2n) is 5.13. The molecule has 0 spiro atoms. The molecule has 0 fully saturated rings. The Kier molecular flexibility index (Phi) is 4.76. The zero-order valence-electron chi connectivity index (χ0n) is 13.1. The van der Waals surface area contributed by atoms with E-state index < -0.39 is 0 Å². The van der Waals surface area contributed by atoms with Crippen molar-refractivity contribution in [3.63, 3.8) is 0 Å².